The number of rotatable bonds is 3. The van der Waals surface area contributed by atoms with E-state index >= 15 is 0 Å². The average Bonchev–Trinajstić information content (AvgIpc) is 2.50. The molecule has 0 aromatic rings. The van der Waals surface area contributed by atoms with Crippen LogP contribution in [0.2, 0.25) is 0 Å². The van der Waals surface area contributed by atoms with E-state index < -0.39 is 0 Å². The van der Waals surface area contributed by atoms with E-state index in [9.17, 15) is 0 Å². The van der Waals surface area contributed by atoms with Crippen LogP contribution in [0.3, 0.4) is 0 Å². The zero-order valence-electron chi connectivity index (χ0n) is 16.2. The van der Waals surface area contributed by atoms with Crippen LogP contribution in [0.15, 0.2) is 23.9 Å². The van der Waals surface area contributed by atoms with Gasteiger partial charge in [-0.1, -0.05) is 53.7 Å². The van der Waals surface area contributed by atoms with Crippen LogP contribution in [0.5, 0.6) is 0 Å². The molecule has 1 saturated carbocycles. The Morgan fingerprint density at radius 2 is 1.68 bits per heavy atom. The molecule has 2 rings (SSSR count). The minimum Gasteiger partial charge on any atom is -0.387 e. The van der Waals surface area contributed by atoms with Crippen molar-refractivity contribution in [2.45, 2.75) is 73.3 Å². The van der Waals surface area contributed by atoms with Gasteiger partial charge in [0.15, 0.2) is 0 Å². The first kappa shape index (κ1) is 21.2. The van der Waals surface area contributed by atoms with Crippen LogP contribution in [0.25, 0.3) is 0 Å². The molecule has 0 aromatic heterocycles. The monoisotopic (exact) mass is 308 g/mol. The SMILES string of the molecule is CC.CC(C)C.CC1CCC(N(C)CC2=CNCC=C2)CC1. The lowest BCUT2D eigenvalue weighted by Gasteiger charge is -2.34. The molecule has 2 heteroatoms. The lowest BCUT2D eigenvalue weighted by molar-refractivity contribution is 0.182. The summed E-state index contributed by atoms with van der Waals surface area (Å²) in [6.07, 6.45) is 12.2. The second-order valence-electron chi connectivity index (χ2n) is 7.09. The third-order valence-electron chi connectivity index (χ3n) is 3.90. The van der Waals surface area contributed by atoms with Crippen LogP contribution < -0.4 is 5.32 Å². The Kier molecular flexibility index (Phi) is 12.3. The summed E-state index contributed by atoms with van der Waals surface area (Å²) in [5, 5.41) is 3.27. The second kappa shape index (κ2) is 12.8. The normalized spacial score (nSPS) is 23.8. The van der Waals surface area contributed by atoms with Gasteiger partial charge in [0.1, 0.15) is 0 Å². The van der Waals surface area contributed by atoms with Crippen LogP contribution in [-0.4, -0.2) is 31.1 Å². The summed E-state index contributed by atoms with van der Waals surface area (Å²) in [4.78, 5) is 2.52. The van der Waals surface area contributed by atoms with Gasteiger partial charge in [-0.25, -0.2) is 0 Å². The molecule has 1 aliphatic carbocycles. The largest absolute Gasteiger partial charge is 0.387 e. The zero-order valence-corrected chi connectivity index (χ0v) is 16.2. The van der Waals surface area contributed by atoms with Crippen molar-refractivity contribution in [3.05, 3.63) is 23.9 Å². The summed E-state index contributed by atoms with van der Waals surface area (Å²) >= 11 is 0. The fourth-order valence-corrected chi connectivity index (χ4v) is 2.72. The molecule has 1 fully saturated rings. The molecule has 2 aliphatic rings. The predicted octanol–water partition coefficient (Wildman–Crippen LogP) is 5.23. The van der Waals surface area contributed by atoms with Crippen molar-refractivity contribution in [3.8, 4) is 0 Å². The van der Waals surface area contributed by atoms with E-state index in [0.29, 0.717) is 0 Å². The van der Waals surface area contributed by atoms with Crippen LogP contribution in [0, 0.1) is 11.8 Å². The van der Waals surface area contributed by atoms with Crippen molar-refractivity contribution in [3.63, 3.8) is 0 Å². The lowest BCUT2D eigenvalue weighted by atomic mass is 9.86. The van der Waals surface area contributed by atoms with Crippen molar-refractivity contribution in [1.82, 2.24) is 10.2 Å². The maximum absolute atomic E-state index is 3.27. The van der Waals surface area contributed by atoms with Crippen molar-refractivity contribution >= 4 is 0 Å². The van der Waals surface area contributed by atoms with Gasteiger partial charge in [0.05, 0.1) is 0 Å². The fourth-order valence-electron chi connectivity index (χ4n) is 2.72. The Bertz CT molecular complexity index is 307. The maximum Gasteiger partial charge on any atom is 0.0328 e. The topological polar surface area (TPSA) is 15.3 Å². The Morgan fingerprint density at radius 1 is 1.14 bits per heavy atom. The van der Waals surface area contributed by atoms with Crippen LogP contribution in [0.4, 0.5) is 0 Å². The summed E-state index contributed by atoms with van der Waals surface area (Å²) in [6, 6.07) is 0.799. The minimum absolute atomic E-state index is 0.799. The lowest BCUT2D eigenvalue weighted by Crippen LogP contribution is -2.36. The number of dihydropyridines is 1. The van der Waals surface area contributed by atoms with E-state index in [-0.39, 0.29) is 0 Å². The quantitative estimate of drug-likeness (QED) is 0.768. The summed E-state index contributed by atoms with van der Waals surface area (Å²) in [6.45, 7) is 14.9. The van der Waals surface area contributed by atoms with Crippen molar-refractivity contribution in [2.24, 2.45) is 11.8 Å². The van der Waals surface area contributed by atoms with E-state index in [2.05, 4.69) is 63.3 Å². The molecule has 1 aliphatic heterocycles. The molecule has 1 heterocycles. The average molecular weight is 309 g/mol. The van der Waals surface area contributed by atoms with Gasteiger partial charge < -0.3 is 5.32 Å². The zero-order chi connectivity index (χ0) is 17.0. The van der Waals surface area contributed by atoms with E-state index in [1.807, 2.05) is 13.8 Å². The molecular weight excluding hydrogens is 268 g/mol. The molecule has 0 aromatic carbocycles. The molecule has 130 valence electrons. The number of hydrogen-bond donors (Lipinski definition) is 1. The van der Waals surface area contributed by atoms with E-state index in [1.54, 1.807) is 0 Å². The number of likely N-dealkylation sites (N-methyl/N-ethyl adjacent to an activating group) is 1. The molecule has 0 radical (unpaired) electrons. The van der Waals surface area contributed by atoms with Crippen molar-refractivity contribution in [1.29, 1.82) is 0 Å². The Morgan fingerprint density at radius 3 is 2.14 bits per heavy atom. The molecule has 22 heavy (non-hydrogen) atoms. The van der Waals surface area contributed by atoms with Crippen molar-refractivity contribution < 1.29 is 0 Å². The number of nitrogens with zero attached hydrogens (tertiary/aromatic N) is 1. The van der Waals surface area contributed by atoms with Gasteiger partial charge in [0.2, 0.25) is 0 Å². The standard InChI is InChI=1S/C14H24N2.C4H10.C2H6/c1-12-5-7-14(8-6-12)16(2)11-13-4-3-9-15-10-13;1-4(2)3;1-2/h3-4,10,12,14-15H,5-9,11H2,1-2H3;4H,1-3H3;1-2H3. The summed E-state index contributed by atoms with van der Waals surface area (Å²) < 4.78 is 0. The first-order chi connectivity index (χ1) is 10.5. The van der Waals surface area contributed by atoms with Gasteiger partial charge in [-0.2, -0.15) is 0 Å². The summed E-state index contributed by atoms with van der Waals surface area (Å²) in [5.41, 5.74) is 1.41. The van der Waals surface area contributed by atoms with Gasteiger partial charge in [0, 0.05) is 25.3 Å². The molecule has 0 spiro atoms. The van der Waals surface area contributed by atoms with E-state index in [4.69, 9.17) is 0 Å². The van der Waals surface area contributed by atoms with Gasteiger partial charge in [-0.05, 0) is 50.1 Å². The third kappa shape index (κ3) is 10.0. The van der Waals surface area contributed by atoms with Gasteiger partial charge in [-0.15, -0.1) is 0 Å². The van der Waals surface area contributed by atoms with Gasteiger partial charge >= 0.3 is 0 Å². The van der Waals surface area contributed by atoms with Crippen LogP contribution >= 0.6 is 0 Å². The summed E-state index contributed by atoms with van der Waals surface area (Å²) in [5.74, 6) is 1.78. The van der Waals surface area contributed by atoms with E-state index in [0.717, 1.165) is 31.0 Å². The van der Waals surface area contributed by atoms with Crippen LogP contribution in [-0.2, 0) is 0 Å². The summed E-state index contributed by atoms with van der Waals surface area (Å²) in [7, 11) is 2.27. The molecule has 0 atom stereocenters. The first-order valence-electron chi connectivity index (χ1n) is 9.28. The smallest absolute Gasteiger partial charge is 0.0328 e. The fraction of sp³-hybridized carbons (Fsp3) is 0.800. The number of nitrogens with one attached hydrogen (secondary N) is 1. The highest BCUT2D eigenvalue weighted by Crippen LogP contribution is 2.26. The Balaban J connectivity index is 0.000000640. The molecular formula is C20H40N2. The van der Waals surface area contributed by atoms with Gasteiger partial charge in [0.25, 0.3) is 0 Å². The third-order valence-corrected chi connectivity index (χ3v) is 3.90. The molecule has 0 saturated heterocycles. The highest BCUT2D eigenvalue weighted by Gasteiger charge is 2.21. The molecule has 0 unspecified atom stereocenters. The number of hydrogen-bond acceptors (Lipinski definition) is 2. The van der Waals surface area contributed by atoms with Gasteiger partial charge in [-0.3, -0.25) is 4.90 Å². The first-order valence-corrected chi connectivity index (χ1v) is 9.28. The minimum atomic E-state index is 0.799. The predicted molar refractivity (Wildman–Crippen MR) is 101 cm³/mol. The molecule has 0 amide bonds. The molecule has 0 bridgehead atoms. The highest BCUT2D eigenvalue weighted by molar-refractivity contribution is 5.23. The Labute approximate surface area is 140 Å². The maximum atomic E-state index is 3.27. The molecule has 1 N–H and O–H groups in total. The highest BCUT2D eigenvalue weighted by atomic mass is 15.1. The molecule has 2 nitrogen and oxygen atoms in total. The second-order valence-corrected chi connectivity index (χ2v) is 7.09. The van der Waals surface area contributed by atoms with E-state index in [1.165, 1.54) is 31.3 Å². The Hall–Kier alpha value is -0.760. The van der Waals surface area contributed by atoms with Crippen LogP contribution in [0.1, 0.15) is 67.2 Å². The van der Waals surface area contributed by atoms with Crippen molar-refractivity contribution in [2.75, 3.05) is 20.1 Å².